The Morgan fingerprint density at radius 2 is 2.14 bits per heavy atom. The average Bonchev–Trinajstić information content (AvgIpc) is 3.23. The van der Waals surface area contributed by atoms with Crippen molar-refractivity contribution in [1.82, 2.24) is 15.3 Å². The highest BCUT2D eigenvalue weighted by molar-refractivity contribution is 5.68. The predicted molar refractivity (Wildman–Crippen MR) is 81.6 cm³/mol. The van der Waals surface area contributed by atoms with Gasteiger partial charge in [0, 0.05) is 11.6 Å². The monoisotopic (exact) mass is 287 g/mol. The molecule has 1 aromatic heterocycles. The summed E-state index contributed by atoms with van der Waals surface area (Å²) < 4.78 is 10.6. The van der Waals surface area contributed by atoms with Crippen LogP contribution in [0.3, 0.4) is 0 Å². The Balaban J connectivity index is 1.72. The van der Waals surface area contributed by atoms with Crippen LogP contribution in [0.2, 0.25) is 0 Å². The zero-order chi connectivity index (χ0) is 14.7. The number of benzene rings is 1. The molecule has 0 unspecified atom stereocenters. The number of aromatic nitrogens is 2. The Labute approximate surface area is 124 Å². The van der Waals surface area contributed by atoms with Crippen LogP contribution >= 0.6 is 0 Å². The van der Waals surface area contributed by atoms with E-state index in [1.165, 1.54) is 12.8 Å². The Morgan fingerprint density at radius 1 is 1.29 bits per heavy atom. The molecule has 1 fully saturated rings. The second-order valence-electron chi connectivity index (χ2n) is 5.38. The van der Waals surface area contributed by atoms with Crippen molar-refractivity contribution in [1.29, 1.82) is 0 Å². The van der Waals surface area contributed by atoms with Crippen molar-refractivity contribution in [3.8, 4) is 22.8 Å². The minimum Gasteiger partial charge on any atom is -0.497 e. The lowest BCUT2D eigenvalue weighted by atomic mass is 10.1. The lowest BCUT2D eigenvalue weighted by Gasteiger charge is -2.08. The maximum absolute atomic E-state index is 5.43. The molecule has 1 saturated carbocycles. The van der Waals surface area contributed by atoms with Crippen molar-refractivity contribution in [2.75, 3.05) is 20.8 Å². The standard InChI is InChI=1S/C16H21N3O2/c1-20-12-5-6-13(15(7-12)21-2)14-9-18-16(19-14)10-17-8-11-3-4-11/h5-7,9,11,17H,3-4,8,10H2,1-2H3,(H,18,19). The Bertz CT molecular complexity index is 605. The van der Waals surface area contributed by atoms with Crippen molar-refractivity contribution < 1.29 is 9.47 Å². The van der Waals surface area contributed by atoms with Gasteiger partial charge in [-0.1, -0.05) is 0 Å². The van der Waals surface area contributed by atoms with Gasteiger partial charge in [0.25, 0.3) is 0 Å². The van der Waals surface area contributed by atoms with Gasteiger partial charge in [-0.05, 0) is 37.4 Å². The summed E-state index contributed by atoms with van der Waals surface area (Å²) in [5.41, 5.74) is 1.94. The normalized spacial score (nSPS) is 14.2. The van der Waals surface area contributed by atoms with Gasteiger partial charge in [-0.2, -0.15) is 0 Å². The third-order valence-corrected chi connectivity index (χ3v) is 3.75. The quantitative estimate of drug-likeness (QED) is 0.822. The van der Waals surface area contributed by atoms with Gasteiger partial charge >= 0.3 is 0 Å². The largest absolute Gasteiger partial charge is 0.497 e. The van der Waals surface area contributed by atoms with E-state index in [0.717, 1.165) is 47.6 Å². The molecule has 0 amide bonds. The van der Waals surface area contributed by atoms with E-state index in [1.807, 2.05) is 24.4 Å². The molecule has 112 valence electrons. The van der Waals surface area contributed by atoms with Gasteiger partial charge in [-0.25, -0.2) is 4.98 Å². The molecule has 5 heteroatoms. The SMILES string of the molecule is COc1ccc(-c2cnc(CNCC3CC3)[nH]2)c(OC)c1. The van der Waals surface area contributed by atoms with Crippen LogP contribution in [0.15, 0.2) is 24.4 Å². The van der Waals surface area contributed by atoms with Gasteiger partial charge in [-0.15, -0.1) is 0 Å². The minimum absolute atomic E-state index is 0.773. The fraction of sp³-hybridized carbons (Fsp3) is 0.438. The molecule has 0 aliphatic heterocycles. The van der Waals surface area contributed by atoms with Crippen LogP contribution in [-0.4, -0.2) is 30.7 Å². The first kappa shape index (κ1) is 13.9. The number of imidazole rings is 1. The summed E-state index contributed by atoms with van der Waals surface area (Å²) in [4.78, 5) is 7.76. The topological polar surface area (TPSA) is 59.2 Å². The zero-order valence-corrected chi connectivity index (χ0v) is 12.5. The molecule has 1 aliphatic carbocycles. The molecular weight excluding hydrogens is 266 g/mol. The fourth-order valence-electron chi connectivity index (χ4n) is 2.33. The number of hydrogen-bond donors (Lipinski definition) is 2. The summed E-state index contributed by atoms with van der Waals surface area (Å²) in [6, 6.07) is 5.78. The van der Waals surface area contributed by atoms with Crippen LogP contribution in [0.5, 0.6) is 11.5 Å². The number of H-pyrrole nitrogens is 1. The number of nitrogens with one attached hydrogen (secondary N) is 2. The Kier molecular flexibility index (Phi) is 4.10. The van der Waals surface area contributed by atoms with Crippen LogP contribution in [0.25, 0.3) is 11.3 Å². The first-order valence-corrected chi connectivity index (χ1v) is 7.27. The molecule has 0 radical (unpaired) electrons. The Hall–Kier alpha value is -2.01. The van der Waals surface area contributed by atoms with Gasteiger partial charge < -0.3 is 19.8 Å². The zero-order valence-electron chi connectivity index (χ0n) is 12.5. The number of rotatable bonds is 7. The first-order chi connectivity index (χ1) is 10.3. The van der Waals surface area contributed by atoms with E-state index in [0.29, 0.717) is 0 Å². The number of ether oxygens (including phenoxy) is 2. The molecule has 3 rings (SSSR count). The van der Waals surface area contributed by atoms with Crippen molar-refractivity contribution in [2.45, 2.75) is 19.4 Å². The van der Waals surface area contributed by atoms with E-state index < -0.39 is 0 Å². The average molecular weight is 287 g/mol. The van der Waals surface area contributed by atoms with Crippen LogP contribution in [0.4, 0.5) is 0 Å². The molecule has 21 heavy (non-hydrogen) atoms. The number of hydrogen-bond acceptors (Lipinski definition) is 4. The number of nitrogens with zero attached hydrogens (tertiary/aromatic N) is 1. The third-order valence-electron chi connectivity index (χ3n) is 3.75. The second kappa shape index (κ2) is 6.18. The molecule has 5 nitrogen and oxygen atoms in total. The smallest absolute Gasteiger partial charge is 0.131 e. The summed E-state index contributed by atoms with van der Waals surface area (Å²) in [5.74, 6) is 3.38. The van der Waals surface area contributed by atoms with Gasteiger partial charge in [0.05, 0.1) is 32.7 Å². The van der Waals surface area contributed by atoms with Crippen LogP contribution in [-0.2, 0) is 6.54 Å². The first-order valence-electron chi connectivity index (χ1n) is 7.27. The van der Waals surface area contributed by atoms with E-state index >= 15 is 0 Å². The summed E-state index contributed by atoms with van der Waals surface area (Å²) in [6.45, 7) is 1.86. The van der Waals surface area contributed by atoms with E-state index in [9.17, 15) is 0 Å². The van der Waals surface area contributed by atoms with Gasteiger partial charge in [0.15, 0.2) is 0 Å². The molecule has 0 spiro atoms. The van der Waals surface area contributed by atoms with Gasteiger partial charge in [-0.3, -0.25) is 0 Å². The van der Waals surface area contributed by atoms with E-state index in [1.54, 1.807) is 14.2 Å². The number of aromatic amines is 1. The maximum Gasteiger partial charge on any atom is 0.131 e. The van der Waals surface area contributed by atoms with Crippen molar-refractivity contribution in [3.63, 3.8) is 0 Å². The van der Waals surface area contributed by atoms with Gasteiger partial charge in [0.1, 0.15) is 17.3 Å². The summed E-state index contributed by atoms with van der Waals surface area (Å²) >= 11 is 0. The van der Waals surface area contributed by atoms with Crippen molar-refractivity contribution in [2.24, 2.45) is 5.92 Å². The number of methoxy groups -OCH3 is 2. The van der Waals surface area contributed by atoms with E-state index in [4.69, 9.17) is 9.47 Å². The molecular formula is C16H21N3O2. The van der Waals surface area contributed by atoms with Gasteiger partial charge in [0.2, 0.25) is 0 Å². The molecule has 1 aromatic carbocycles. The third kappa shape index (κ3) is 3.36. The van der Waals surface area contributed by atoms with Crippen LogP contribution in [0, 0.1) is 5.92 Å². The molecule has 0 saturated heterocycles. The minimum atomic E-state index is 0.773. The maximum atomic E-state index is 5.43. The summed E-state index contributed by atoms with van der Waals surface area (Å²) in [7, 11) is 3.31. The predicted octanol–water partition coefficient (Wildman–Crippen LogP) is 2.59. The summed E-state index contributed by atoms with van der Waals surface area (Å²) in [6.07, 6.45) is 4.57. The second-order valence-corrected chi connectivity index (χ2v) is 5.38. The van der Waals surface area contributed by atoms with E-state index in [2.05, 4.69) is 15.3 Å². The lowest BCUT2D eigenvalue weighted by Crippen LogP contribution is -2.16. The fourth-order valence-corrected chi connectivity index (χ4v) is 2.33. The van der Waals surface area contributed by atoms with E-state index in [-0.39, 0.29) is 0 Å². The molecule has 1 aliphatic rings. The summed E-state index contributed by atoms with van der Waals surface area (Å²) in [5, 5.41) is 3.43. The molecule has 0 atom stereocenters. The molecule has 2 aromatic rings. The molecule has 1 heterocycles. The van der Waals surface area contributed by atoms with Crippen molar-refractivity contribution >= 4 is 0 Å². The Morgan fingerprint density at radius 3 is 2.86 bits per heavy atom. The molecule has 0 bridgehead atoms. The molecule has 2 N–H and O–H groups in total. The highest BCUT2D eigenvalue weighted by Crippen LogP contribution is 2.32. The lowest BCUT2D eigenvalue weighted by molar-refractivity contribution is 0.395. The van der Waals surface area contributed by atoms with Crippen molar-refractivity contribution in [3.05, 3.63) is 30.2 Å². The highest BCUT2D eigenvalue weighted by Gasteiger charge is 2.20. The highest BCUT2D eigenvalue weighted by atomic mass is 16.5. The van der Waals surface area contributed by atoms with Crippen LogP contribution in [0.1, 0.15) is 18.7 Å². The van der Waals surface area contributed by atoms with Crippen LogP contribution < -0.4 is 14.8 Å².